The fourth-order valence-corrected chi connectivity index (χ4v) is 4.93. The lowest BCUT2D eigenvalue weighted by Gasteiger charge is -2.19. The summed E-state index contributed by atoms with van der Waals surface area (Å²) in [6.07, 6.45) is 2.60. The molecule has 0 spiro atoms. The van der Waals surface area contributed by atoms with Gasteiger partial charge in [-0.2, -0.15) is 0 Å². The first-order valence-electron chi connectivity index (χ1n) is 12.2. The van der Waals surface area contributed by atoms with Gasteiger partial charge in [-0.05, 0) is 73.0 Å². The fourth-order valence-electron chi connectivity index (χ4n) is 4.93. The van der Waals surface area contributed by atoms with E-state index in [2.05, 4.69) is 71.0 Å². The van der Waals surface area contributed by atoms with E-state index in [-0.39, 0.29) is 5.92 Å². The van der Waals surface area contributed by atoms with Crippen LogP contribution < -0.4 is 0 Å². The average Bonchev–Trinajstić information content (AvgIpc) is 3.21. The Balaban J connectivity index is 1.62. The van der Waals surface area contributed by atoms with Crippen LogP contribution in [0, 0.1) is 19.8 Å². The van der Waals surface area contributed by atoms with Gasteiger partial charge in [0.05, 0.1) is 11.4 Å². The molecule has 5 aromatic rings. The SMILES string of the molecule is [2H]C(CC)(c1ccc(-c2cccc3c2oc2nc(-c4c(C)cccc4C)ccc23)nc1)C(C)C. The third-order valence-corrected chi connectivity index (χ3v) is 6.59. The number of hydrogen-bond donors (Lipinski definition) is 0. The fraction of sp³-hybridized carbons (Fsp3) is 0.267. The minimum atomic E-state index is -0.634. The van der Waals surface area contributed by atoms with Crippen LogP contribution in [0.4, 0.5) is 0 Å². The van der Waals surface area contributed by atoms with Gasteiger partial charge in [-0.15, -0.1) is 0 Å². The molecule has 1 unspecified atom stereocenters. The molecule has 3 nitrogen and oxygen atoms in total. The number of nitrogens with zero attached hydrogens (tertiary/aromatic N) is 2. The molecule has 3 heteroatoms. The van der Waals surface area contributed by atoms with Gasteiger partial charge in [-0.1, -0.05) is 57.2 Å². The van der Waals surface area contributed by atoms with Gasteiger partial charge in [-0.25, -0.2) is 4.98 Å². The lowest BCUT2D eigenvalue weighted by Crippen LogP contribution is -2.05. The van der Waals surface area contributed by atoms with Crippen LogP contribution in [-0.2, 0) is 0 Å². The molecule has 0 amide bonds. The molecule has 1 atom stereocenters. The predicted octanol–water partition coefficient (Wildman–Crippen LogP) is 8.48. The number of aromatic nitrogens is 2. The maximum atomic E-state index is 8.90. The van der Waals surface area contributed by atoms with E-state index in [0.717, 1.165) is 50.9 Å². The highest BCUT2D eigenvalue weighted by Gasteiger charge is 2.17. The lowest BCUT2D eigenvalue weighted by molar-refractivity contribution is 0.484. The number of pyridine rings is 2. The topological polar surface area (TPSA) is 38.9 Å². The zero-order valence-corrected chi connectivity index (χ0v) is 19.9. The van der Waals surface area contributed by atoms with Crippen LogP contribution in [0.5, 0.6) is 0 Å². The van der Waals surface area contributed by atoms with Gasteiger partial charge in [0, 0.05) is 29.5 Å². The van der Waals surface area contributed by atoms with E-state index >= 15 is 0 Å². The molecule has 0 aliphatic carbocycles. The van der Waals surface area contributed by atoms with Crippen molar-refractivity contribution in [2.75, 3.05) is 0 Å². The van der Waals surface area contributed by atoms with Gasteiger partial charge in [0.2, 0.25) is 5.71 Å². The van der Waals surface area contributed by atoms with E-state index in [1.807, 2.05) is 30.5 Å². The van der Waals surface area contributed by atoms with E-state index in [1.165, 1.54) is 11.1 Å². The molecule has 0 radical (unpaired) electrons. The molecule has 166 valence electrons. The standard InChI is InChI=1S/C30H30N2O/c1-6-22(18(2)3)21-13-15-26(31-17-21)25-12-8-11-23-24-14-16-27(32-30(24)33-29(23)25)28-19(4)9-7-10-20(28)5/h7-18,22H,6H2,1-5H3/i22D. The van der Waals surface area contributed by atoms with Crippen molar-refractivity contribution >= 4 is 22.1 Å². The summed E-state index contributed by atoms with van der Waals surface area (Å²) < 4.78 is 15.2. The summed E-state index contributed by atoms with van der Waals surface area (Å²) in [5.41, 5.74) is 8.63. The summed E-state index contributed by atoms with van der Waals surface area (Å²) in [7, 11) is 0. The largest absolute Gasteiger partial charge is 0.437 e. The second-order valence-corrected chi connectivity index (χ2v) is 9.07. The van der Waals surface area contributed by atoms with Gasteiger partial charge in [0.25, 0.3) is 0 Å². The lowest BCUT2D eigenvalue weighted by atomic mass is 9.87. The Labute approximate surface area is 196 Å². The van der Waals surface area contributed by atoms with Crippen LogP contribution in [0.3, 0.4) is 0 Å². The van der Waals surface area contributed by atoms with Crippen molar-refractivity contribution in [3.05, 3.63) is 83.6 Å². The second-order valence-electron chi connectivity index (χ2n) is 9.07. The zero-order chi connectivity index (χ0) is 24.0. The molecule has 33 heavy (non-hydrogen) atoms. The quantitative estimate of drug-likeness (QED) is 0.278. The van der Waals surface area contributed by atoms with Crippen molar-refractivity contribution in [1.29, 1.82) is 0 Å². The first-order valence-corrected chi connectivity index (χ1v) is 11.7. The van der Waals surface area contributed by atoms with Gasteiger partial charge < -0.3 is 4.42 Å². The minimum Gasteiger partial charge on any atom is -0.437 e. The van der Waals surface area contributed by atoms with Crippen LogP contribution in [0.2, 0.25) is 0 Å². The third-order valence-electron chi connectivity index (χ3n) is 6.59. The molecular weight excluding hydrogens is 404 g/mol. The minimum absolute atomic E-state index is 0.209. The summed E-state index contributed by atoms with van der Waals surface area (Å²) >= 11 is 0. The highest BCUT2D eigenvalue weighted by atomic mass is 16.3. The van der Waals surface area contributed by atoms with E-state index < -0.39 is 5.89 Å². The van der Waals surface area contributed by atoms with Crippen LogP contribution in [0.25, 0.3) is 44.6 Å². The molecular formula is C30H30N2O. The average molecular weight is 436 g/mol. The highest BCUT2D eigenvalue weighted by Crippen LogP contribution is 2.37. The summed E-state index contributed by atoms with van der Waals surface area (Å²) in [6, 6.07) is 20.7. The van der Waals surface area contributed by atoms with Gasteiger partial charge in [0.15, 0.2) is 0 Å². The molecule has 0 N–H and O–H groups in total. The van der Waals surface area contributed by atoms with Crippen LogP contribution in [0.15, 0.2) is 71.3 Å². The van der Waals surface area contributed by atoms with Crippen molar-refractivity contribution in [3.8, 4) is 22.5 Å². The van der Waals surface area contributed by atoms with E-state index in [1.54, 1.807) is 0 Å². The smallest absolute Gasteiger partial charge is 0.227 e. The number of para-hydroxylation sites is 1. The Morgan fingerprint density at radius 2 is 1.61 bits per heavy atom. The molecule has 0 aliphatic rings. The summed E-state index contributed by atoms with van der Waals surface area (Å²) in [5, 5.41) is 2.03. The number of aryl methyl sites for hydroxylation is 2. The van der Waals surface area contributed by atoms with Crippen LogP contribution in [-0.4, -0.2) is 9.97 Å². The molecule has 3 heterocycles. The highest BCUT2D eigenvalue weighted by molar-refractivity contribution is 6.08. The van der Waals surface area contributed by atoms with Crippen LogP contribution in [0.1, 0.15) is 51.1 Å². The number of hydrogen-bond acceptors (Lipinski definition) is 3. The normalized spacial score (nSPS) is 14.1. The maximum Gasteiger partial charge on any atom is 0.227 e. The first-order chi connectivity index (χ1) is 16.3. The Morgan fingerprint density at radius 3 is 2.27 bits per heavy atom. The molecule has 0 bridgehead atoms. The summed E-state index contributed by atoms with van der Waals surface area (Å²) in [6.45, 7) is 10.5. The van der Waals surface area contributed by atoms with Gasteiger partial charge in [-0.3, -0.25) is 4.98 Å². The van der Waals surface area contributed by atoms with Gasteiger partial charge >= 0.3 is 0 Å². The predicted molar refractivity (Wildman–Crippen MR) is 138 cm³/mol. The molecule has 0 aliphatic heterocycles. The Bertz CT molecular complexity index is 1480. The molecule has 0 saturated carbocycles. The van der Waals surface area contributed by atoms with Crippen molar-refractivity contribution < 1.29 is 5.79 Å². The zero-order valence-electron chi connectivity index (χ0n) is 20.9. The van der Waals surface area contributed by atoms with Crippen molar-refractivity contribution in [2.45, 2.75) is 46.9 Å². The van der Waals surface area contributed by atoms with Gasteiger partial charge in [0.1, 0.15) is 5.58 Å². The molecule has 3 aromatic heterocycles. The Morgan fingerprint density at radius 1 is 0.879 bits per heavy atom. The molecule has 5 rings (SSSR count). The third kappa shape index (κ3) is 3.72. The monoisotopic (exact) mass is 435 g/mol. The first kappa shape index (κ1) is 20.2. The number of furan rings is 1. The molecule has 2 aromatic carbocycles. The number of fused-ring (bicyclic) bond motifs is 3. The molecule has 0 fully saturated rings. The maximum absolute atomic E-state index is 8.90. The van der Waals surface area contributed by atoms with E-state index in [9.17, 15) is 0 Å². The van der Waals surface area contributed by atoms with E-state index in [0.29, 0.717) is 5.71 Å². The summed E-state index contributed by atoms with van der Waals surface area (Å²) in [4.78, 5) is 9.66. The molecule has 0 saturated heterocycles. The summed E-state index contributed by atoms with van der Waals surface area (Å²) in [5.74, 6) is -0.425. The van der Waals surface area contributed by atoms with Crippen molar-refractivity contribution in [1.82, 2.24) is 9.97 Å². The number of benzene rings is 2. The van der Waals surface area contributed by atoms with Crippen molar-refractivity contribution in [2.24, 2.45) is 5.92 Å². The van der Waals surface area contributed by atoms with Crippen LogP contribution >= 0.6 is 0 Å². The Kier molecular flexibility index (Phi) is 5.18. The van der Waals surface area contributed by atoms with Crippen molar-refractivity contribution in [3.63, 3.8) is 0 Å². The second kappa shape index (κ2) is 8.47. The Hall–Kier alpha value is -3.46. The number of rotatable bonds is 5. The van der Waals surface area contributed by atoms with E-state index in [4.69, 9.17) is 15.8 Å².